The number of nitrogens with zero attached hydrogens (tertiary/aromatic N) is 5. The van der Waals surface area contributed by atoms with Gasteiger partial charge in [-0.15, -0.1) is 0 Å². The summed E-state index contributed by atoms with van der Waals surface area (Å²) in [6.45, 7) is 5.64. The van der Waals surface area contributed by atoms with Gasteiger partial charge in [-0.25, -0.2) is 4.98 Å². The van der Waals surface area contributed by atoms with E-state index in [0.29, 0.717) is 31.2 Å². The predicted molar refractivity (Wildman–Crippen MR) is 100 cm³/mol. The van der Waals surface area contributed by atoms with Gasteiger partial charge < -0.3 is 14.6 Å². The summed E-state index contributed by atoms with van der Waals surface area (Å²) >= 11 is 0. The molecule has 0 aliphatic carbocycles. The van der Waals surface area contributed by atoms with Crippen LogP contribution >= 0.6 is 0 Å². The maximum Gasteiger partial charge on any atom is 0.254 e. The maximum absolute atomic E-state index is 13.0. The number of aliphatic hydroxyl groups is 1. The number of benzene rings is 1. The van der Waals surface area contributed by atoms with Crippen molar-refractivity contribution in [3.05, 3.63) is 70.6 Å². The Balaban J connectivity index is 1.57. The van der Waals surface area contributed by atoms with Crippen molar-refractivity contribution >= 4 is 5.91 Å². The zero-order chi connectivity index (χ0) is 19.1. The summed E-state index contributed by atoms with van der Waals surface area (Å²) in [6.07, 6.45) is 2.56. The molecule has 1 N–H and O–H groups in total. The second-order valence-electron chi connectivity index (χ2n) is 7.13. The van der Waals surface area contributed by atoms with Crippen molar-refractivity contribution in [2.24, 2.45) is 7.05 Å². The molecular weight excluding hydrogens is 342 g/mol. The van der Waals surface area contributed by atoms with Crippen LogP contribution in [0.15, 0.2) is 36.7 Å². The van der Waals surface area contributed by atoms with Crippen LogP contribution in [0.4, 0.5) is 0 Å². The minimum absolute atomic E-state index is 0.0369. The first kappa shape index (κ1) is 17.5. The Kier molecular flexibility index (Phi) is 4.31. The highest BCUT2D eigenvalue weighted by Gasteiger charge is 2.26. The molecule has 4 rings (SSSR count). The first-order valence-corrected chi connectivity index (χ1v) is 9.02. The Labute approximate surface area is 157 Å². The molecule has 0 unspecified atom stereocenters. The third kappa shape index (κ3) is 3.14. The summed E-state index contributed by atoms with van der Waals surface area (Å²) in [5.74, 6) is 0.587. The molecule has 0 spiro atoms. The second kappa shape index (κ2) is 6.66. The maximum atomic E-state index is 13.0. The Morgan fingerprint density at radius 2 is 2.04 bits per heavy atom. The number of rotatable bonds is 3. The SMILES string of the molecule is Cc1ccc(C)c(C(=O)N2CCn3nc([C@H](O)c4nccn4C)cc3C2)c1. The van der Waals surface area contributed by atoms with Gasteiger partial charge in [-0.2, -0.15) is 5.10 Å². The molecule has 27 heavy (non-hydrogen) atoms. The van der Waals surface area contributed by atoms with E-state index in [1.165, 1.54) is 0 Å². The number of imidazole rings is 1. The molecule has 0 bridgehead atoms. The molecule has 0 saturated carbocycles. The van der Waals surface area contributed by atoms with E-state index in [0.717, 1.165) is 22.4 Å². The highest BCUT2D eigenvalue weighted by molar-refractivity contribution is 5.95. The zero-order valence-electron chi connectivity index (χ0n) is 15.8. The predicted octanol–water partition coefficient (Wildman–Crippen LogP) is 1.97. The number of aromatic nitrogens is 4. The van der Waals surface area contributed by atoms with Crippen molar-refractivity contribution in [2.75, 3.05) is 6.54 Å². The molecule has 3 heterocycles. The highest BCUT2D eigenvalue weighted by atomic mass is 16.3. The third-order valence-electron chi connectivity index (χ3n) is 5.11. The monoisotopic (exact) mass is 365 g/mol. The molecule has 1 amide bonds. The number of aryl methyl sites for hydroxylation is 3. The van der Waals surface area contributed by atoms with E-state index in [1.807, 2.05) is 54.7 Å². The summed E-state index contributed by atoms with van der Waals surface area (Å²) in [4.78, 5) is 19.0. The van der Waals surface area contributed by atoms with Crippen LogP contribution in [0.3, 0.4) is 0 Å². The lowest BCUT2D eigenvalue weighted by Crippen LogP contribution is -2.38. The van der Waals surface area contributed by atoms with Crippen LogP contribution < -0.4 is 0 Å². The Morgan fingerprint density at radius 3 is 2.78 bits per heavy atom. The fourth-order valence-corrected chi connectivity index (χ4v) is 3.51. The summed E-state index contributed by atoms with van der Waals surface area (Å²) in [6, 6.07) is 7.81. The molecule has 1 aromatic carbocycles. The standard InChI is InChI=1S/C20H23N5O2/c1-13-4-5-14(2)16(10-13)20(27)24-8-9-25-15(12-24)11-17(22-25)18(26)19-21-6-7-23(19)3/h4-7,10-11,18,26H,8-9,12H2,1-3H3/t18-/m0/s1. The van der Waals surface area contributed by atoms with Crippen LogP contribution in [0.25, 0.3) is 0 Å². The van der Waals surface area contributed by atoms with Gasteiger partial charge in [0, 0.05) is 31.5 Å². The summed E-state index contributed by atoms with van der Waals surface area (Å²) in [5.41, 5.74) is 4.28. The molecule has 0 saturated heterocycles. The van der Waals surface area contributed by atoms with E-state index in [1.54, 1.807) is 17.0 Å². The fourth-order valence-electron chi connectivity index (χ4n) is 3.51. The van der Waals surface area contributed by atoms with Crippen LogP contribution in [0.2, 0.25) is 0 Å². The van der Waals surface area contributed by atoms with Gasteiger partial charge in [0.2, 0.25) is 0 Å². The molecule has 3 aromatic rings. The number of carbonyl (C=O) groups is 1. The highest BCUT2D eigenvalue weighted by Crippen LogP contribution is 2.24. The van der Waals surface area contributed by atoms with Crippen LogP contribution in [0.5, 0.6) is 0 Å². The van der Waals surface area contributed by atoms with Gasteiger partial charge in [0.1, 0.15) is 5.82 Å². The topological polar surface area (TPSA) is 76.2 Å². The first-order valence-electron chi connectivity index (χ1n) is 9.02. The molecule has 1 aliphatic heterocycles. The van der Waals surface area contributed by atoms with E-state index in [2.05, 4.69) is 10.1 Å². The van der Waals surface area contributed by atoms with Gasteiger partial charge in [0.05, 0.1) is 24.5 Å². The van der Waals surface area contributed by atoms with Crippen molar-refractivity contribution in [1.29, 1.82) is 0 Å². The van der Waals surface area contributed by atoms with E-state index in [-0.39, 0.29) is 5.91 Å². The van der Waals surface area contributed by atoms with Crippen molar-refractivity contribution in [3.8, 4) is 0 Å². The van der Waals surface area contributed by atoms with Crippen molar-refractivity contribution < 1.29 is 9.90 Å². The van der Waals surface area contributed by atoms with Crippen LogP contribution in [-0.2, 0) is 20.1 Å². The Bertz CT molecular complexity index is 1000. The summed E-state index contributed by atoms with van der Waals surface area (Å²) < 4.78 is 3.65. The Morgan fingerprint density at radius 1 is 1.22 bits per heavy atom. The largest absolute Gasteiger partial charge is 0.379 e. The van der Waals surface area contributed by atoms with Gasteiger partial charge in [-0.1, -0.05) is 17.7 Å². The van der Waals surface area contributed by atoms with E-state index >= 15 is 0 Å². The minimum atomic E-state index is -0.883. The molecule has 7 nitrogen and oxygen atoms in total. The number of hydrogen-bond donors (Lipinski definition) is 1. The fraction of sp³-hybridized carbons (Fsp3) is 0.350. The number of hydrogen-bond acceptors (Lipinski definition) is 4. The molecule has 7 heteroatoms. The van der Waals surface area contributed by atoms with Crippen molar-refractivity contribution in [3.63, 3.8) is 0 Å². The normalized spacial score (nSPS) is 14.9. The van der Waals surface area contributed by atoms with E-state index in [4.69, 9.17) is 0 Å². The molecule has 1 atom stereocenters. The van der Waals surface area contributed by atoms with E-state index in [9.17, 15) is 9.90 Å². The molecule has 140 valence electrons. The first-order chi connectivity index (χ1) is 12.9. The van der Waals surface area contributed by atoms with Gasteiger partial charge in [0.15, 0.2) is 6.10 Å². The molecule has 0 fully saturated rings. The average molecular weight is 365 g/mol. The smallest absolute Gasteiger partial charge is 0.254 e. The van der Waals surface area contributed by atoms with Gasteiger partial charge in [0.25, 0.3) is 5.91 Å². The van der Waals surface area contributed by atoms with Gasteiger partial charge in [-0.3, -0.25) is 9.48 Å². The van der Waals surface area contributed by atoms with Crippen LogP contribution in [0, 0.1) is 13.8 Å². The summed E-state index contributed by atoms with van der Waals surface area (Å²) in [7, 11) is 1.84. The number of fused-ring (bicyclic) bond motifs is 1. The minimum Gasteiger partial charge on any atom is -0.379 e. The number of aliphatic hydroxyl groups excluding tert-OH is 1. The Hall–Kier alpha value is -2.93. The van der Waals surface area contributed by atoms with Crippen molar-refractivity contribution in [1.82, 2.24) is 24.2 Å². The average Bonchev–Trinajstić information content (AvgIpc) is 3.28. The van der Waals surface area contributed by atoms with Crippen molar-refractivity contribution in [2.45, 2.75) is 33.0 Å². The second-order valence-corrected chi connectivity index (χ2v) is 7.13. The van der Waals surface area contributed by atoms with Crippen LogP contribution in [0.1, 0.15) is 44.8 Å². The molecule has 2 aromatic heterocycles. The lowest BCUT2D eigenvalue weighted by molar-refractivity contribution is 0.0705. The van der Waals surface area contributed by atoms with Crippen LogP contribution in [-0.4, -0.2) is 41.8 Å². The number of carbonyl (C=O) groups excluding carboxylic acids is 1. The third-order valence-corrected chi connectivity index (χ3v) is 5.11. The lowest BCUT2D eigenvalue weighted by Gasteiger charge is -2.28. The zero-order valence-corrected chi connectivity index (χ0v) is 15.8. The quantitative estimate of drug-likeness (QED) is 0.770. The molecule has 0 radical (unpaired) electrons. The lowest BCUT2D eigenvalue weighted by atomic mass is 10.0. The van der Waals surface area contributed by atoms with Gasteiger partial charge >= 0.3 is 0 Å². The molecular formula is C20H23N5O2. The van der Waals surface area contributed by atoms with Gasteiger partial charge in [-0.05, 0) is 31.5 Å². The molecule has 1 aliphatic rings. The summed E-state index contributed by atoms with van der Waals surface area (Å²) in [5, 5.41) is 15.1. The number of amides is 1. The van der Waals surface area contributed by atoms with E-state index < -0.39 is 6.10 Å².